The van der Waals surface area contributed by atoms with E-state index in [2.05, 4.69) is 5.32 Å². The Labute approximate surface area is 119 Å². The molecule has 1 aromatic rings. The van der Waals surface area contributed by atoms with E-state index in [1.807, 2.05) is 20.8 Å². The highest BCUT2D eigenvalue weighted by molar-refractivity contribution is 5.67. The minimum Gasteiger partial charge on any atom is -0.494 e. The molecule has 20 heavy (non-hydrogen) atoms. The number of aliphatic hydroxyl groups is 1. The fourth-order valence-electron chi connectivity index (χ4n) is 2.04. The Bertz CT molecular complexity index is 416. The molecule has 3 N–H and O–H groups in total. The van der Waals surface area contributed by atoms with Gasteiger partial charge in [0.1, 0.15) is 5.75 Å². The average Bonchev–Trinajstić information content (AvgIpc) is 2.37. The van der Waals surface area contributed by atoms with Crippen LogP contribution in [0, 0.1) is 0 Å². The summed E-state index contributed by atoms with van der Waals surface area (Å²) < 4.78 is 5.34. The summed E-state index contributed by atoms with van der Waals surface area (Å²) in [6.07, 6.45) is -1.00. The lowest BCUT2D eigenvalue weighted by atomic mass is 9.99. The van der Waals surface area contributed by atoms with Gasteiger partial charge in [-0.3, -0.25) is 4.79 Å². The van der Waals surface area contributed by atoms with Crippen LogP contribution in [0.3, 0.4) is 0 Å². The molecule has 1 rings (SSSR count). The zero-order valence-corrected chi connectivity index (χ0v) is 12.2. The van der Waals surface area contributed by atoms with Crippen LogP contribution in [0.25, 0.3) is 0 Å². The molecule has 0 radical (unpaired) electrons. The normalized spacial score (nSPS) is 14.1. The van der Waals surface area contributed by atoms with E-state index >= 15 is 0 Å². The molecule has 1 aromatic carbocycles. The van der Waals surface area contributed by atoms with Crippen molar-refractivity contribution in [2.45, 2.75) is 45.4 Å². The molecule has 0 bridgehead atoms. The Morgan fingerprint density at radius 2 is 1.90 bits per heavy atom. The highest BCUT2D eigenvalue weighted by Gasteiger charge is 2.24. The first-order valence-electron chi connectivity index (χ1n) is 6.82. The minimum absolute atomic E-state index is 0.0942. The smallest absolute Gasteiger partial charge is 0.305 e. The lowest BCUT2D eigenvalue weighted by Gasteiger charge is -2.25. The van der Waals surface area contributed by atoms with Gasteiger partial charge in [-0.2, -0.15) is 0 Å². The minimum atomic E-state index is -0.937. The molecule has 0 aliphatic rings. The number of hydrogen-bond donors (Lipinski definition) is 3. The number of benzene rings is 1. The van der Waals surface area contributed by atoms with Crippen molar-refractivity contribution in [3.63, 3.8) is 0 Å². The quantitative estimate of drug-likeness (QED) is 0.679. The standard InChI is InChI=1S/C15H23NO4/c1-4-20-12-7-5-11(6-8-12)15(19)13(9-14(17)18)16-10(2)3/h5-8,10,13,15-16,19H,4,9H2,1-3H3,(H,17,18). The van der Waals surface area contributed by atoms with Gasteiger partial charge < -0.3 is 20.3 Å². The Morgan fingerprint density at radius 3 is 2.35 bits per heavy atom. The number of aliphatic hydroxyl groups excluding tert-OH is 1. The van der Waals surface area contributed by atoms with Gasteiger partial charge in [-0.1, -0.05) is 26.0 Å². The maximum atomic E-state index is 10.9. The van der Waals surface area contributed by atoms with Gasteiger partial charge in [-0.05, 0) is 24.6 Å². The largest absolute Gasteiger partial charge is 0.494 e. The molecule has 0 aliphatic carbocycles. The Balaban J connectivity index is 2.81. The van der Waals surface area contributed by atoms with Crippen LogP contribution in [0.2, 0.25) is 0 Å². The van der Waals surface area contributed by atoms with E-state index in [-0.39, 0.29) is 12.5 Å². The SMILES string of the molecule is CCOc1ccc(C(O)C(CC(=O)O)NC(C)C)cc1. The summed E-state index contributed by atoms with van der Waals surface area (Å²) in [5, 5.41) is 22.4. The number of ether oxygens (including phenoxy) is 1. The molecule has 0 aliphatic heterocycles. The third-order valence-electron chi connectivity index (χ3n) is 2.86. The van der Waals surface area contributed by atoms with E-state index in [1.165, 1.54) is 0 Å². The first-order chi connectivity index (χ1) is 9.43. The van der Waals surface area contributed by atoms with Gasteiger partial charge in [-0.25, -0.2) is 0 Å². The third kappa shape index (κ3) is 5.19. The molecule has 0 amide bonds. The number of hydrogen-bond acceptors (Lipinski definition) is 4. The number of nitrogens with one attached hydrogen (secondary N) is 1. The predicted octanol–water partition coefficient (Wildman–Crippen LogP) is 1.96. The van der Waals surface area contributed by atoms with Gasteiger partial charge in [0.2, 0.25) is 0 Å². The molecule has 0 saturated carbocycles. The number of carboxylic acid groups (broad SMARTS) is 1. The van der Waals surface area contributed by atoms with Crippen LogP contribution in [-0.2, 0) is 4.79 Å². The van der Waals surface area contributed by atoms with E-state index < -0.39 is 18.1 Å². The van der Waals surface area contributed by atoms with Crippen LogP contribution in [0.5, 0.6) is 5.75 Å². The van der Waals surface area contributed by atoms with Crippen LogP contribution in [0.4, 0.5) is 0 Å². The zero-order valence-electron chi connectivity index (χ0n) is 12.2. The molecule has 0 fully saturated rings. The molecule has 2 atom stereocenters. The first-order valence-corrected chi connectivity index (χ1v) is 6.82. The van der Waals surface area contributed by atoms with E-state index in [1.54, 1.807) is 24.3 Å². The number of rotatable bonds is 8. The second-order valence-corrected chi connectivity index (χ2v) is 4.97. The Hall–Kier alpha value is -1.59. The van der Waals surface area contributed by atoms with Crippen LogP contribution in [0.1, 0.15) is 38.9 Å². The second kappa shape index (κ2) is 7.87. The van der Waals surface area contributed by atoms with Crippen LogP contribution < -0.4 is 10.1 Å². The lowest BCUT2D eigenvalue weighted by molar-refractivity contribution is -0.138. The van der Waals surface area contributed by atoms with Gasteiger partial charge in [-0.15, -0.1) is 0 Å². The van der Waals surface area contributed by atoms with Crippen LogP contribution >= 0.6 is 0 Å². The molecule has 112 valence electrons. The zero-order chi connectivity index (χ0) is 15.1. The van der Waals surface area contributed by atoms with E-state index in [0.29, 0.717) is 12.2 Å². The molecule has 0 spiro atoms. The van der Waals surface area contributed by atoms with Gasteiger partial charge in [0.15, 0.2) is 0 Å². The van der Waals surface area contributed by atoms with Crippen molar-refractivity contribution in [3.05, 3.63) is 29.8 Å². The molecular formula is C15H23NO4. The highest BCUT2D eigenvalue weighted by Crippen LogP contribution is 2.22. The van der Waals surface area contributed by atoms with Crippen molar-refractivity contribution in [1.29, 1.82) is 0 Å². The summed E-state index contributed by atoms with van der Waals surface area (Å²) in [4.78, 5) is 10.9. The molecular weight excluding hydrogens is 258 g/mol. The average molecular weight is 281 g/mol. The van der Waals surface area contributed by atoms with Crippen molar-refractivity contribution in [3.8, 4) is 5.75 Å². The molecule has 0 saturated heterocycles. The molecule has 5 heteroatoms. The summed E-state index contributed by atoms with van der Waals surface area (Å²) in [7, 11) is 0. The molecule has 0 heterocycles. The van der Waals surface area contributed by atoms with Gasteiger partial charge in [0, 0.05) is 12.1 Å². The van der Waals surface area contributed by atoms with Crippen molar-refractivity contribution in [2.75, 3.05) is 6.61 Å². The third-order valence-corrected chi connectivity index (χ3v) is 2.86. The topological polar surface area (TPSA) is 78.8 Å². The van der Waals surface area contributed by atoms with Crippen molar-refractivity contribution in [2.24, 2.45) is 0 Å². The Morgan fingerprint density at radius 1 is 1.30 bits per heavy atom. The van der Waals surface area contributed by atoms with Crippen molar-refractivity contribution in [1.82, 2.24) is 5.32 Å². The lowest BCUT2D eigenvalue weighted by Crippen LogP contribution is -2.40. The number of carbonyl (C=O) groups is 1. The second-order valence-electron chi connectivity index (χ2n) is 4.97. The molecule has 2 unspecified atom stereocenters. The van der Waals surface area contributed by atoms with Crippen molar-refractivity contribution >= 4 is 5.97 Å². The maximum absolute atomic E-state index is 10.9. The van der Waals surface area contributed by atoms with Gasteiger partial charge in [0.05, 0.1) is 19.1 Å². The van der Waals surface area contributed by atoms with E-state index in [0.717, 1.165) is 5.75 Å². The summed E-state index contributed by atoms with van der Waals surface area (Å²) in [6.45, 7) is 6.32. The maximum Gasteiger partial charge on any atom is 0.305 e. The van der Waals surface area contributed by atoms with Crippen LogP contribution in [0.15, 0.2) is 24.3 Å². The molecule has 5 nitrogen and oxygen atoms in total. The van der Waals surface area contributed by atoms with Gasteiger partial charge in [0.25, 0.3) is 0 Å². The monoisotopic (exact) mass is 281 g/mol. The summed E-state index contributed by atoms with van der Waals surface area (Å²) in [6, 6.07) is 6.63. The number of aliphatic carboxylic acids is 1. The highest BCUT2D eigenvalue weighted by atomic mass is 16.5. The molecule has 0 aromatic heterocycles. The van der Waals surface area contributed by atoms with E-state index in [9.17, 15) is 9.90 Å². The van der Waals surface area contributed by atoms with Gasteiger partial charge >= 0.3 is 5.97 Å². The number of carboxylic acids is 1. The fraction of sp³-hybridized carbons (Fsp3) is 0.533. The van der Waals surface area contributed by atoms with Crippen molar-refractivity contribution < 1.29 is 19.7 Å². The summed E-state index contributed by atoms with van der Waals surface area (Å²) in [5.41, 5.74) is 0.674. The van der Waals surface area contributed by atoms with E-state index in [4.69, 9.17) is 9.84 Å². The summed E-state index contributed by atoms with van der Waals surface area (Å²) in [5.74, 6) is -0.205. The first kappa shape index (κ1) is 16.5. The predicted molar refractivity (Wildman–Crippen MR) is 76.9 cm³/mol. The van der Waals surface area contributed by atoms with Crippen LogP contribution in [-0.4, -0.2) is 34.9 Å². The Kier molecular flexibility index (Phi) is 6.48. The fourth-order valence-corrected chi connectivity index (χ4v) is 2.04. The summed E-state index contributed by atoms with van der Waals surface area (Å²) >= 11 is 0.